The number of cyclic esters (lactones) is 1. The van der Waals surface area contributed by atoms with Gasteiger partial charge in [-0.25, -0.2) is 4.79 Å². The van der Waals surface area contributed by atoms with Crippen LogP contribution in [0.15, 0.2) is 0 Å². The molecule has 0 aromatic heterocycles. The van der Waals surface area contributed by atoms with Crippen LogP contribution < -0.4 is 0 Å². The third-order valence-electron chi connectivity index (χ3n) is 3.06. The summed E-state index contributed by atoms with van der Waals surface area (Å²) in [5.41, 5.74) is 0. The first-order valence-electron chi connectivity index (χ1n) is 5.30. The second-order valence-corrected chi connectivity index (χ2v) is 3.97. The molecule has 74 valence electrons. The van der Waals surface area contributed by atoms with Crippen molar-refractivity contribution in [2.75, 3.05) is 6.54 Å². The summed E-state index contributed by atoms with van der Waals surface area (Å²) in [6.45, 7) is 3.08. The van der Waals surface area contributed by atoms with Crippen molar-refractivity contribution < 1.29 is 9.53 Å². The van der Waals surface area contributed by atoms with E-state index in [1.807, 2.05) is 4.90 Å². The molecular weight excluding hydrogens is 166 g/mol. The minimum atomic E-state index is -0.0800. The summed E-state index contributed by atoms with van der Waals surface area (Å²) in [5, 5.41) is 0. The molecule has 2 aliphatic heterocycles. The minimum absolute atomic E-state index is 0.0800. The van der Waals surface area contributed by atoms with E-state index in [0.29, 0.717) is 6.04 Å². The van der Waals surface area contributed by atoms with Crippen molar-refractivity contribution in [3.8, 4) is 0 Å². The molecule has 0 aliphatic carbocycles. The van der Waals surface area contributed by atoms with Gasteiger partial charge in [0.15, 0.2) is 0 Å². The quantitative estimate of drug-likeness (QED) is 0.671. The molecule has 0 radical (unpaired) electrons. The van der Waals surface area contributed by atoms with Gasteiger partial charge in [0.2, 0.25) is 0 Å². The van der Waals surface area contributed by atoms with Crippen LogP contribution in [0.5, 0.6) is 0 Å². The second kappa shape index (κ2) is 3.56. The predicted molar refractivity (Wildman–Crippen MR) is 49.5 cm³/mol. The largest absolute Gasteiger partial charge is 0.444 e. The van der Waals surface area contributed by atoms with E-state index in [-0.39, 0.29) is 12.2 Å². The maximum Gasteiger partial charge on any atom is 0.410 e. The topological polar surface area (TPSA) is 29.5 Å². The normalized spacial score (nSPS) is 32.1. The molecule has 0 N–H and O–H groups in total. The van der Waals surface area contributed by atoms with Crippen molar-refractivity contribution in [2.24, 2.45) is 0 Å². The first kappa shape index (κ1) is 8.85. The Hall–Kier alpha value is -0.730. The number of rotatable bonds is 3. The summed E-state index contributed by atoms with van der Waals surface area (Å²) in [4.78, 5) is 13.2. The van der Waals surface area contributed by atoms with Crippen LogP contribution in [-0.2, 0) is 4.74 Å². The van der Waals surface area contributed by atoms with Crippen LogP contribution in [0.3, 0.4) is 0 Å². The van der Waals surface area contributed by atoms with Gasteiger partial charge in [0.25, 0.3) is 0 Å². The molecule has 0 saturated carbocycles. The van der Waals surface area contributed by atoms with Crippen molar-refractivity contribution in [3.63, 3.8) is 0 Å². The number of fused-ring (bicyclic) bond motifs is 1. The number of carbonyl (C=O) groups is 1. The predicted octanol–water partition coefficient (Wildman–Crippen LogP) is 2.16. The second-order valence-electron chi connectivity index (χ2n) is 3.97. The Labute approximate surface area is 79.0 Å². The molecule has 2 heterocycles. The maximum absolute atomic E-state index is 11.3. The van der Waals surface area contributed by atoms with Gasteiger partial charge in [-0.05, 0) is 25.7 Å². The smallest absolute Gasteiger partial charge is 0.410 e. The number of hydrogen-bond acceptors (Lipinski definition) is 2. The van der Waals surface area contributed by atoms with Gasteiger partial charge < -0.3 is 9.64 Å². The van der Waals surface area contributed by atoms with Crippen molar-refractivity contribution in [1.82, 2.24) is 4.90 Å². The highest BCUT2D eigenvalue weighted by Crippen LogP contribution is 2.31. The van der Waals surface area contributed by atoms with Gasteiger partial charge in [0.1, 0.15) is 6.10 Å². The monoisotopic (exact) mass is 183 g/mol. The van der Waals surface area contributed by atoms with Gasteiger partial charge in [-0.3, -0.25) is 0 Å². The Bertz CT molecular complexity index is 205. The lowest BCUT2D eigenvalue weighted by Gasteiger charge is -2.15. The molecule has 0 spiro atoms. The summed E-state index contributed by atoms with van der Waals surface area (Å²) < 4.78 is 5.32. The van der Waals surface area contributed by atoms with Gasteiger partial charge >= 0.3 is 6.09 Å². The standard InChI is InChI=1S/C10H17NO2/c1-2-3-6-9-8-5-4-7-11(8)10(12)13-9/h8-9H,2-7H2,1H3/t8-,9-/m0/s1. The molecule has 3 nitrogen and oxygen atoms in total. The Morgan fingerprint density at radius 1 is 1.62 bits per heavy atom. The van der Waals surface area contributed by atoms with E-state index < -0.39 is 0 Å². The lowest BCUT2D eigenvalue weighted by molar-refractivity contribution is 0.120. The lowest BCUT2D eigenvalue weighted by atomic mass is 10.0. The number of ether oxygens (including phenoxy) is 1. The molecule has 2 rings (SSSR count). The molecule has 0 unspecified atom stereocenters. The van der Waals surface area contributed by atoms with Crippen molar-refractivity contribution in [3.05, 3.63) is 0 Å². The minimum Gasteiger partial charge on any atom is -0.444 e. The SMILES string of the molecule is CCCC[C@@H]1OC(=O)N2CCC[C@@H]12. The van der Waals surface area contributed by atoms with Crippen molar-refractivity contribution >= 4 is 6.09 Å². The number of carbonyl (C=O) groups excluding carboxylic acids is 1. The summed E-state index contributed by atoms with van der Waals surface area (Å²) >= 11 is 0. The van der Waals surface area contributed by atoms with Crippen LogP contribution in [0.4, 0.5) is 4.79 Å². The van der Waals surface area contributed by atoms with E-state index in [2.05, 4.69) is 6.92 Å². The maximum atomic E-state index is 11.3. The third-order valence-corrected chi connectivity index (χ3v) is 3.06. The Morgan fingerprint density at radius 3 is 3.23 bits per heavy atom. The van der Waals surface area contributed by atoms with E-state index in [1.165, 1.54) is 12.8 Å². The molecule has 2 atom stereocenters. The van der Waals surface area contributed by atoms with E-state index in [4.69, 9.17) is 4.74 Å². The van der Waals surface area contributed by atoms with Crippen LogP contribution >= 0.6 is 0 Å². The highest BCUT2D eigenvalue weighted by Gasteiger charge is 2.43. The highest BCUT2D eigenvalue weighted by molar-refractivity contribution is 5.71. The molecule has 2 aliphatic rings. The first-order chi connectivity index (χ1) is 6.33. The van der Waals surface area contributed by atoms with Gasteiger partial charge in [-0.2, -0.15) is 0 Å². The molecule has 0 aromatic carbocycles. The molecule has 13 heavy (non-hydrogen) atoms. The summed E-state index contributed by atoms with van der Waals surface area (Å²) in [5.74, 6) is 0. The average Bonchev–Trinajstić information content (AvgIpc) is 2.67. The van der Waals surface area contributed by atoms with Crippen LogP contribution in [0.2, 0.25) is 0 Å². The van der Waals surface area contributed by atoms with Gasteiger partial charge in [-0.15, -0.1) is 0 Å². The lowest BCUT2D eigenvalue weighted by Crippen LogP contribution is -2.30. The van der Waals surface area contributed by atoms with Crippen molar-refractivity contribution in [2.45, 2.75) is 51.2 Å². The molecule has 3 heteroatoms. The van der Waals surface area contributed by atoms with E-state index >= 15 is 0 Å². The molecule has 1 amide bonds. The highest BCUT2D eigenvalue weighted by atomic mass is 16.6. The Kier molecular flexibility index (Phi) is 2.42. The molecule has 0 bridgehead atoms. The molecule has 2 saturated heterocycles. The molecule has 0 aromatic rings. The van der Waals surface area contributed by atoms with Crippen LogP contribution in [0, 0.1) is 0 Å². The first-order valence-corrected chi connectivity index (χ1v) is 5.30. The van der Waals surface area contributed by atoms with Crippen LogP contribution in [0.1, 0.15) is 39.0 Å². The van der Waals surface area contributed by atoms with Gasteiger partial charge in [0, 0.05) is 6.54 Å². The molecule has 2 fully saturated rings. The average molecular weight is 183 g/mol. The summed E-state index contributed by atoms with van der Waals surface area (Å²) in [6.07, 6.45) is 5.80. The Morgan fingerprint density at radius 2 is 2.46 bits per heavy atom. The molecular formula is C10H17NO2. The zero-order valence-electron chi connectivity index (χ0n) is 8.16. The fraction of sp³-hybridized carbons (Fsp3) is 0.900. The summed E-state index contributed by atoms with van der Waals surface area (Å²) in [6, 6.07) is 0.402. The van der Waals surface area contributed by atoms with Gasteiger partial charge in [-0.1, -0.05) is 13.3 Å². The van der Waals surface area contributed by atoms with E-state index in [0.717, 1.165) is 25.8 Å². The fourth-order valence-electron chi connectivity index (χ4n) is 2.34. The van der Waals surface area contributed by atoms with E-state index in [9.17, 15) is 4.79 Å². The van der Waals surface area contributed by atoms with Crippen LogP contribution in [0.25, 0.3) is 0 Å². The number of hydrogen-bond donors (Lipinski definition) is 0. The number of amides is 1. The Balaban J connectivity index is 1.94. The zero-order chi connectivity index (χ0) is 9.26. The summed E-state index contributed by atoms with van der Waals surface area (Å²) in [7, 11) is 0. The van der Waals surface area contributed by atoms with E-state index in [1.54, 1.807) is 0 Å². The number of unbranched alkanes of at least 4 members (excludes halogenated alkanes) is 1. The fourth-order valence-corrected chi connectivity index (χ4v) is 2.34. The number of nitrogens with zero attached hydrogens (tertiary/aromatic N) is 1. The van der Waals surface area contributed by atoms with Gasteiger partial charge in [0.05, 0.1) is 6.04 Å². The zero-order valence-corrected chi connectivity index (χ0v) is 8.16. The van der Waals surface area contributed by atoms with Crippen LogP contribution in [-0.4, -0.2) is 29.7 Å². The third kappa shape index (κ3) is 1.52. The van der Waals surface area contributed by atoms with Crippen molar-refractivity contribution in [1.29, 1.82) is 0 Å².